The number of para-hydroxylation sites is 1. The highest BCUT2D eigenvalue weighted by atomic mass is 19.4. The lowest BCUT2D eigenvalue weighted by molar-refractivity contribution is -0.135. The van der Waals surface area contributed by atoms with Gasteiger partial charge in [0.2, 0.25) is 0 Å². The van der Waals surface area contributed by atoms with Crippen LogP contribution in [0.25, 0.3) is 22.3 Å². The molecule has 6 heteroatoms. The molecule has 0 fully saturated rings. The molecule has 0 aromatic heterocycles. The molecule has 1 N–H and O–H groups in total. The van der Waals surface area contributed by atoms with Gasteiger partial charge in [-0.3, -0.25) is 0 Å². The summed E-state index contributed by atoms with van der Waals surface area (Å²) < 4.78 is 38.9. The van der Waals surface area contributed by atoms with Crippen molar-refractivity contribution in [2.24, 2.45) is 0 Å². The number of rotatable bonds is 19. The summed E-state index contributed by atoms with van der Waals surface area (Å²) in [6.45, 7) is 3.20. The van der Waals surface area contributed by atoms with Crippen LogP contribution in [0.3, 0.4) is 0 Å². The molecule has 37 heavy (non-hydrogen) atoms. The number of hydrogen-bond donors (Lipinski definition) is 1. The van der Waals surface area contributed by atoms with E-state index < -0.39 is 12.6 Å². The van der Waals surface area contributed by atoms with Gasteiger partial charge in [0.15, 0.2) is 5.82 Å². The van der Waals surface area contributed by atoms with Crippen molar-refractivity contribution in [3.8, 4) is 11.4 Å². The molecule has 2 aliphatic heterocycles. The van der Waals surface area contributed by atoms with Crippen LogP contribution in [0.5, 0.6) is 0 Å². The van der Waals surface area contributed by atoms with Gasteiger partial charge in [0, 0.05) is 30.1 Å². The molecule has 2 aliphatic rings. The number of nitrogens with zero attached hydrogens (tertiary/aromatic N) is 2. The van der Waals surface area contributed by atoms with Gasteiger partial charge >= 0.3 is 6.18 Å². The first kappa shape index (κ1) is 29.3. The number of nitrogens with one attached hydrogen (secondary N) is 1. The van der Waals surface area contributed by atoms with Gasteiger partial charge in [-0.15, -0.1) is 0 Å². The molecular formula is C31H46F3N3. The SMILES string of the molecule is CCCCCCCCCCNn1cc(CCCCCCCCCC(F)(F)F)cc2c3ccccc3nc1-2. The quantitative estimate of drug-likeness (QED) is 0.160. The van der Waals surface area contributed by atoms with Crippen LogP contribution >= 0.6 is 0 Å². The Balaban J connectivity index is 1.46. The monoisotopic (exact) mass is 517 g/mol. The fraction of sp³-hybridized carbons (Fsp3) is 0.645. The molecule has 0 amide bonds. The van der Waals surface area contributed by atoms with Gasteiger partial charge in [-0.1, -0.05) is 102 Å². The predicted octanol–water partition coefficient (Wildman–Crippen LogP) is 10.1. The summed E-state index contributed by atoms with van der Waals surface area (Å²) in [5.41, 5.74) is 7.15. The molecule has 0 saturated carbocycles. The summed E-state index contributed by atoms with van der Waals surface area (Å²) in [6.07, 6.45) is 15.2. The van der Waals surface area contributed by atoms with Gasteiger partial charge in [-0.05, 0) is 43.4 Å². The Hall–Kier alpha value is -2.24. The maximum Gasteiger partial charge on any atom is 0.389 e. The van der Waals surface area contributed by atoms with Gasteiger partial charge in [0.1, 0.15) is 0 Å². The topological polar surface area (TPSA) is 29.9 Å². The van der Waals surface area contributed by atoms with Crippen molar-refractivity contribution < 1.29 is 13.2 Å². The second-order valence-corrected chi connectivity index (χ2v) is 10.6. The van der Waals surface area contributed by atoms with E-state index in [1.165, 1.54) is 61.5 Å². The number of hydrogen-bond acceptors (Lipinski definition) is 2. The number of benzene rings is 1. The van der Waals surface area contributed by atoms with Crippen molar-refractivity contribution >= 4 is 10.9 Å². The van der Waals surface area contributed by atoms with Crippen LogP contribution in [0.15, 0.2) is 36.5 Å². The Kier molecular flexibility index (Phi) is 12.6. The van der Waals surface area contributed by atoms with Crippen molar-refractivity contribution in [1.82, 2.24) is 9.66 Å². The van der Waals surface area contributed by atoms with E-state index in [4.69, 9.17) is 4.98 Å². The van der Waals surface area contributed by atoms with Crippen LogP contribution in [0.4, 0.5) is 13.2 Å². The Morgan fingerprint density at radius 1 is 0.784 bits per heavy atom. The van der Waals surface area contributed by atoms with Crippen molar-refractivity contribution in [1.29, 1.82) is 0 Å². The van der Waals surface area contributed by atoms with E-state index in [9.17, 15) is 13.2 Å². The van der Waals surface area contributed by atoms with E-state index in [-0.39, 0.29) is 6.42 Å². The van der Waals surface area contributed by atoms with E-state index in [0.717, 1.165) is 62.8 Å². The predicted molar refractivity (Wildman–Crippen MR) is 150 cm³/mol. The molecule has 0 radical (unpaired) electrons. The molecule has 1 aromatic rings. The van der Waals surface area contributed by atoms with E-state index in [1.807, 2.05) is 6.07 Å². The van der Waals surface area contributed by atoms with Gasteiger partial charge < -0.3 is 5.43 Å². The minimum Gasteiger partial charge on any atom is -0.324 e. The Labute approximate surface area is 221 Å². The van der Waals surface area contributed by atoms with Crippen molar-refractivity contribution in [3.05, 3.63) is 42.1 Å². The molecule has 0 aliphatic carbocycles. The number of aromatic nitrogens is 2. The molecular weight excluding hydrogens is 471 g/mol. The Morgan fingerprint density at radius 3 is 2.11 bits per heavy atom. The number of fused-ring (bicyclic) bond motifs is 3. The van der Waals surface area contributed by atoms with Gasteiger partial charge in [-0.2, -0.15) is 13.2 Å². The highest BCUT2D eigenvalue weighted by Gasteiger charge is 2.25. The molecule has 0 atom stereocenters. The Bertz CT molecular complexity index is 995. The molecule has 0 spiro atoms. The summed E-state index contributed by atoms with van der Waals surface area (Å²) >= 11 is 0. The van der Waals surface area contributed by atoms with E-state index in [1.54, 1.807) is 0 Å². The third kappa shape index (κ3) is 10.6. The summed E-state index contributed by atoms with van der Waals surface area (Å²) in [6, 6.07) is 10.6. The van der Waals surface area contributed by atoms with Crippen LogP contribution in [0, 0.1) is 0 Å². The normalized spacial score (nSPS) is 12.1. The molecule has 0 bridgehead atoms. The lowest BCUT2D eigenvalue weighted by Crippen LogP contribution is -2.19. The number of halogens is 3. The van der Waals surface area contributed by atoms with E-state index in [0.29, 0.717) is 6.42 Å². The first-order valence-corrected chi connectivity index (χ1v) is 14.7. The van der Waals surface area contributed by atoms with Crippen molar-refractivity contribution in [3.63, 3.8) is 0 Å². The molecule has 2 heterocycles. The first-order valence-electron chi connectivity index (χ1n) is 14.7. The van der Waals surface area contributed by atoms with E-state index >= 15 is 0 Å². The zero-order valence-electron chi connectivity index (χ0n) is 22.7. The molecule has 0 saturated heterocycles. The van der Waals surface area contributed by atoms with Gasteiger partial charge in [0.25, 0.3) is 0 Å². The van der Waals surface area contributed by atoms with E-state index in [2.05, 4.69) is 47.5 Å². The minimum atomic E-state index is -4.01. The number of pyridine rings is 1. The lowest BCUT2D eigenvalue weighted by atomic mass is 10.0. The minimum absolute atomic E-state index is 0.261. The largest absolute Gasteiger partial charge is 0.389 e. The standard InChI is InChI=1S/C31H46F3N3/c1-2-3-4-5-6-10-13-18-23-35-37-25-26(19-14-11-8-7-9-12-17-22-31(32,33)34)24-28-27-20-15-16-21-29(27)36-30(28)37/h15-16,20-21,24-25,35H,2-14,17-19,22-23H2,1H3. The third-order valence-corrected chi connectivity index (χ3v) is 7.25. The zero-order valence-corrected chi connectivity index (χ0v) is 22.7. The summed E-state index contributed by atoms with van der Waals surface area (Å²) in [4.78, 5) is 4.90. The summed E-state index contributed by atoms with van der Waals surface area (Å²) in [7, 11) is 0. The molecule has 1 aromatic carbocycles. The van der Waals surface area contributed by atoms with Crippen LogP contribution in [-0.4, -0.2) is 22.4 Å². The highest BCUT2D eigenvalue weighted by molar-refractivity contribution is 5.96. The van der Waals surface area contributed by atoms with Crippen molar-refractivity contribution in [2.75, 3.05) is 12.0 Å². The molecule has 3 rings (SSSR count). The fourth-order valence-electron chi connectivity index (χ4n) is 5.12. The molecule has 3 nitrogen and oxygen atoms in total. The van der Waals surface area contributed by atoms with Crippen LogP contribution < -0.4 is 5.43 Å². The average Bonchev–Trinajstić information content (AvgIpc) is 3.25. The number of aryl methyl sites for hydroxylation is 1. The first-order chi connectivity index (χ1) is 18.0. The third-order valence-electron chi connectivity index (χ3n) is 7.25. The van der Waals surface area contributed by atoms with Crippen LogP contribution in [0.1, 0.15) is 115 Å². The summed E-state index contributed by atoms with van der Waals surface area (Å²) in [5.74, 6) is 0.989. The van der Waals surface area contributed by atoms with Gasteiger partial charge in [0.05, 0.1) is 5.52 Å². The zero-order chi connectivity index (χ0) is 26.3. The molecule has 206 valence electrons. The second-order valence-electron chi connectivity index (χ2n) is 10.6. The summed E-state index contributed by atoms with van der Waals surface area (Å²) in [5, 5.41) is 1.20. The number of alkyl halides is 3. The maximum absolute atomic E-state index is 12.2. The van der Waals surface area contributed by atoms with Crippen molar-refractivity contribution in [2.45, 2.75) is 122 Å². The smallest absolute Gasteiger partial charge is 0.324 e. The number of unbranched alkanes of at least 4 members (excludes halogenated alkanes) is 13. The second kappa shape index (κ2) is 15.9. The maximum atomic E-state index is 12.2. The lowest BCUT2D eigenvalue weighted by Gasteiger charge is -2.17. The van der Waals surface area contributed by atoms with Crippen LogP contribution in [-0.2, 0) is 6.42 Å². The molecule has 0 unspecified atom stereocenters. The highest BCUT2D eigenvalue weighted by Crippen LogP contribution is 2.32. The fourth-order valence-corrected chi connectivity index (χ4v) is 5.12. The average molecular weight is 518 g/mol. The van der Waals surface area contributed by atoms with Crippen LogP contribution in [0.2, 0.25) is 0 Å². The van der Waals surface area contributed by atoms with Gasteiger partial charge in [-0.25, -0.2) is 9.66 Å². The Morgan fingerprint density at radius 2 is 1.41 bits per heavy atom.